The van der Waals surface area contributed by atoms with Gasteiger partial charge in [-0.05, 0) is 48.5 Å². The molecule has 8 heteroatoms. The second-order valence-corrected chi connectivity index (χ2v) is 7.45. The highest BCUT2D eigenvalue weighted by molar-refractivity contribution is 6.51. The fourth-order valence-electron chi connectivity index (χ4n) is 4.03. The zero-order valence-electron chi connectivity index (χ0n) is 18.7. The predicted molar refractivity (Wildman–Crippen MR) is 124 cm³/mol. The first-order valence-corrected chi connectivity index (χ1v) is 10.3. The van der Waals surface area contributed by atoms with Crippen LogP contribution in [0.4, 0.5) is 10.1 Å². The van der Waals surface area contributed by atoms with E-state index in [1.54, 1.807) is 36.4 Å². The van der Waals surface area contributed by atoms with Gasteiger partial charge in [0.15, 0.2) is 0 Å². The molecule has 4 rings (SSSR count). The first kappa shape index (κ1) is 22.8. The summed E-state index contributed by atoms with van der Waals surface area (Å²) in [5, 5.41) is 11.4. The number of hydrogen-bond donors (Lipinski definition) is 1. The number of carbonyl (C=O) groups is 2. The average Bonchev–Trinajstić information content (AvgIpc) is 3.13. The van der Waals surface area contributed by atoms with Crippen LogP contribution < -0.4 is 19.1 Å². The van der Waals surface area contributed by atoms with Crippen LogP contribution in [0.25, 0.3) is 5.76 Å². The van der Waals surface area contributed by atoms with Gasteiger partial charge in [-0.15, -0.1) is 0 Å². The Labute approximate surface area is 195 Å². The summed E-state index contributed by atoms with van der Waals surface area (Å²) in [6.45, 7) is 0. The van der Waals surface area contributed by atoms with Crippen LogP contribution in [0.3, 0.4) is 0 Å². The molecule has 1 aliphatic rings. The molecule has 1 amide bonds. The van der Waals surface area contributed by atoms with Crippen LogP contribution in [-0.2, 0) is 9.59 Å². The average molecular weight is 463 g/mol. The van der Waals surface area contributed by atoms with Gasteiger partial charge in [-0.3, -0.25) is 14.5 Å². The van der Waals surface area contributed by atoms with Crippen molar-refractivity contribution < 1.29 is 33.3 Å². The first-order valence-electron chi connectivity index (χ1n) is 10.3. The summed E-state index contributed by atoms with van der Waals surface area (Å²) in [7, 11) is 4.36. The summed E-state index contributed by atoms with van der Waals surface area (Å²) in [5.41, 5.74) is 0.775. The van der Waals surface area contributed by atoms with Gasteiger partial charge in [0.2, 0.25) is 0 Å². The second-order valence-electron chi connectivity index (χ2n) is 7.45. The number of hydrogen-bond acceptors (Lipinski definition) is 6. The molecule has 3 aromatic rings. The third-order valence-electron chi connectivity index (χ3n) is 5.64. The molecule has 0 bridgehead atoms. The third-order valence-corrected chi connectivity index (χ3v) is 5.64. The molecule has 0 radical (unpaired) electrons. The standard InChI is InChI=1S/C26H22FNO6/c1-32-17-12-13-21(34-3)19(14-17)24(29)22-23(18-6-4-5-7-20(18)33-2)28(26(31)25(22)30)16-10-8-15(27)9-11-16/h4-14,23,29H,1-3H3/b24-22+. The number of ether oxygens (including phenoxy) is 3. The van der Waals surface area contributed by atoms with Crippen molar-refractivity contribution >= 4 is 23.1 Å². The molecular weight excluding hydrogens is 441 g/mol. The number of ketones is 1. The first-order chi connectivity index (χ1) is 16.4. The monoisotopic (exact) mass is 463 g/mol. The minimum atomic E-state index is -1.04. The van der Waals surface area contributed by atoms with E-state index in [2.05, 4.69) is 0 Å². The number of carbonyl (C=O) groups excluding carboxylic acids is 2. The largest absolute Gasteiger partial charge is 0.507 e. The van der Waals surface area contributed by atoms with Gasteiger partial charge in [0.05, 0.1) is 38.5 Å². The topological polar surface area (TPSA) is 85.3 Å². The Morgan fingerprint density at radius 3 is 2.21 bits per heavy atom. The summed E-state index contributed by atoms with van der Waals surface area (Å²) in [6.07, 6.45) is 0. The van der Waals surface area contributed by atoms with Crippen molar-refractivity contribution in [3.05, 3.63) is 89.2 Å². The fourth-order valence-corrected chi connectivity index (χ4v) is 4.03. The van der Waals surface area contributed by atoms with E-state index < -0.39 is 29.3 Å². The molecular formula is C26H22FNO6. The molecule has 0 saturated carbocycles. The Kier molecular flexibility index (Phi) is 6.23. The van der Waals surface area contributed by atoms with E-state index in [1.165, 1.54) is 56.6 Å². The van der Waals surface area contributed by atoms with Crippen molar-refractivity contribution in [1.29, 1.82) is 0 Å². The number of aliphatic hydroxyl groups is 1. The number of nitrogens with zero attached hydrogens (tertiary/aromatic N) is 1. The normalized spacial score (nSPS) is 17.1. The van der Waals surface area contributed by atoms with E-state index in [1.807, 2.05) is 0 Å². The highest BCUT2D eigenvalue weighted by atomic mass is 19.1. The molecule has 0 aromatic heterocycles. The van der Waals surface area contributed by atoms with Gasteiger partial charge < -0.3 is 19.3 Å². The van der Waals surface area contributed by atoms with Crippen LogP contribution in [0.2, 0.25) is 0 Å². The number of Topliss-reactive ketones (excluding diaryl/α,β-unsaturated/α-hetero) is 1. The molecule has 0 spiro atoms. The number of aliphatic hydroxyl groups excluding tert-OH is 1. The summed E-state index contributed by atoms with van der Waals surface area (Å²) in [4.78, 5) is 27.8. The van der Waals surface area contributed by atoms with Gasteiger partial charge in [-0.1, -0.05) is 18.2 Å². The maximum Gasteiger partial charge on any atom is 0.300 e. The maximum atomic E-state index is 13.6. The van der Waals surface area contributed by atoms with Crippen LogP contribution in [0.1, 0.15) is 17.2 Å². The molecule has 34 heavy (non-hydrogen) atoms. The third kappa shape index (κ3) is 3.83. The smallest absolute Gasteiger partial charge is 0.300 e. The van der Waals surface area contributed by atoms with Gasteiger partial charge in [0, 0.05) is 11.3 Å². The van der Waals surface area contributed by atoms with Crippen molar-refractivity contribution in [3.8, 4) is 17.2 Å². The summed E-state index contributed by atoms with van der Waals surface area (Å²) in [6, 6.07) is 15.7. The van der Waals surface area contributed by atoms with Gasteiger partial charge in [0.1, 0.15) is 28.8 Å². The zero-order chi connectivity index (χ0) is 24.4. The van der Waals surface area contributed by atoms with Crippen molar-refractivity contribution in [3.63, 3.8) is 0 Å². The van der Waals surface area contributed by atoms with E-state index >= 15 is 0 Å². The lowest BCUT2D eigenvalue weighted by atomic mass is 9.94. The maximum absolute atomic E-state index is 13.6. The molecule has 1 aliphatic heterocycles. The molecule has 1 N–H and O–H groups in total. The van der Waals surface area contributed by atoms with Crippen LogP contribution in [0, 0.1) is 5.82 Å². The lowest BCUT2D eigenvalue weighted by molar-refractivity contribution is -0.132. The Balaban J connectivity index is 2.02. The van der Waals surface area contributed by atoms with E-state index in [0.717, 1.165) is 0 Å². The van der Waals surface area contributed by atoms with E-state index in [4.69, 9.17) is 14.2 Å². The number of methoxy groups -OCH3 is 3. The molecule has 1 atom stereocenters. The van der Waals surface area contributed by atoms with Crippen LogP contribution >= 0.6 is 0 Å². The Hall–Kier alpha value is -4.33. The molecule has 1 heterocycles. The highest BCUT2D eigenvalue weighted by Crippen LogP contribution is 2.46. The predicted octanol–water partition coefficient (Wildman–Crippen LogP) is 4.48. The van der Waals surface area contributed by atoms with E-state index in [0.29, 0.717) is 17.1 Å². The summed E-state index contributed by atoms with van der Waals surface area (Å²) in [5.74, 6) is -1.59. The minimum Gasteiger partial charge on any atom is -0.507 e. The molecule has 174 valence electrons. The van der Waals surface area contributed by atoms with Gasteiger partial charge >= 0.3 is 0 Å². The molecule has 1 fully saturated rings. The number of rotatable bonds is 6. The molecule has 0 aliphatic carbocycles. The lowest BCUT2D eigenvalue weighted by Crippen LogP contribution is -2.29. The Morgan fingerprint density at radius 1 is 0.882 bits per heavy atom. The van der Waals surface area contributed by atoms with Crippen molar-refractivity contribution in [1.82, 2.24) is 0 Å². The number of anilines is 1. The van der Waals surface area contributed by atoms with Crippen molar-refractivity contribution in [2.75, 3.05) is 26.2 Å². The Bertz CT molecular complexity index is 1280. The SMILES string of the molecule is COc1ccc(OC)c(/C(O)=C2\C(=O)C(=O)N(c3ccc(F)cc3)C2c2ccccc2OC)c1. The van der Waals surface area contributed by atoms with Crippen LogP contribution in [0.15, 0.2) is 72.3 Å². The van der Waals surface area contributed by atoms with E-state index in [-0.39, 0.29) is 22.6 Å². The van der Waals surface area contributed by atoms with E-state index in [9.17, 15) is 19.1 Å². The summed E-state index contributed by atoms with van der Waals surface area (Å²) < 4.78 is 29.7. The molecule has 3 aromatic carbocycles. The van der Waals surface area contributed by atoms with Crippen molar-refractivity contribution in [2.24, 2.45) is 0 Å². The van der Waals surface area contributed by atoms with Crippen molar-refractivity contribution in [2.45, 2.75) is 6.04 Å². The fraction of sp³-hybridized carbons (Fsp3) is 0.154. The number of amides is 1. The lowest BCUT2D eigenvalue weighted by Gasteiger charge is -2.26. The Morgan fingerprint density at radius 2 is 1.56 bits per heavy atom. The molecule has 1 saturated heterocycles. The van der Waals surface area contributed by atoms with Gasteiger partial charge in [-0.25, -0.2) is 4.39 Å². The van der Waals surface area contributed by atoms with Crippen LogP contribution in [0.5, 0.6) is 17.2 Å². The second kappa shape index (κ2) is 9.27. The van der Waals surface area contributed by atoms with Gasteiger partial charge in [0.25, 0.3) is 11.7 Å². The van der Waals surface area contributed by atoms with Gasteiger partial charge in [-0.2, -0.15) is 0 Å². The quantitative estimate of drug-likeness (QED) is 0.330. The number of para-hydroxylation sites is 1. The number of halogens is 1. The zero-order valence-corrected chi connectivity index (χ0v) is 18.7. The number of benzene rings is 3. The molecule has 1 unspecified atom stereocenters. The summed E-state index contributed by atoms with van der Waals surface area (Å²) >= 11 is 0. The molecule has 7 nitrogen and oxygen atoms in total. The highest BCUT2D eigenvalue weighted by Gasteiger charge is 2.48. The minimum absolute atomic E-state index is 0.162. The van der Waals surface area contributed by atoms with Crippen LogP contribution in [-0.4, -0.2) is 38.1 Å².